The fourth-order valence-corrected chi connectivity index (χ4v) is 1.62. The van der Waals surface area contributed by atoms with Crippen LogP contribution in [0.2, 0.25) is 0 Å². The van der Waals surface area contributed by atoms with Gasteiger partial charge in [0, 0.05) is 6.42 Å². The number of hydrogen-bond donors (Lipinski definition) is 1. The van der Waals surface area contributed by atoms with E-state index < -0.39 is 15.9 Å². The summed E-state index contributed by atoms with van der Waals surface area (Å²) in [5.41, 5.74) is 0. The van der Waals surface area contributed by atoms with Crippen LogP contribution >= 0.6 is 0 Å². The number of rotatable bonds is 3. The molecule has 0 saturated carbocycles. The highest BCUT2D eigenvalue weighted by Gasteiger charge is 2.33. The highest BCUT2D eigenvalue weighted by Crippen LogP contribution is 2.26. The van der Waals surface area contributed by atoms with Crippen LogP contribution in [-0.2, 0) is 19.6 Å². The Bertz CT molecular complexity index is 330. The summed E-state index contributed by atoms with van der Waals surface area (Å²) in [7, 11) is -4.16. The quantitative estimate of drug-likeness (QED) is 0.719. The van der Waals surface area contributed by atoms with Crippen LogP contribution in [0, 0.1) is 0 Å². The van der Waals surface area contributed by atoms with E-state index in [0.29, 0.717) is 6.61 Å². The summed E-state index contributed by atoms with van der Waals surface area (Å²) < 4.78 is 40.5. The summed E-state index contributed by atoms with van der Waals surface area (Å²) in [5, 5.41) is 0. The van der Waals surface area contributed by atoms with E-state index in [4.69, 9.17) is 14.0 Å². The molecule has 1 rings (SSSR count). The molecule has 0 spiro atoms. The molecule has 0 aliphatic carbocycles. The molecule has 0 radical (unpaired) electrons. The topological polar surface area (TPSA) is 72.8 Å². The second-order valence-corrected chi connectivity index (χ2v) is 5.20. The van der Waals surface area contributed by atoms with Crippen molar-refractivity contribution in [3.63, 3.8) is 0 Å². The maximum atomic E-state index is 10.6. The summed E-state index contributed by atoms with van der Waals surface area (Å²) in [5.74, 6) is -0.690. The van der Waals surface area contributed by atoms with Gasteiger partial charge in [-0.2, -0.15) is 8.42 Å². The first-order valence-corrected chi connectivity index (χ1v) is 5.62. The molecule has 1 saturated heterocycles. The van der Waals surface area contributed by atoms with Crippen LogP contribution < -0.4 is 0 Å². The van der Waals surface area contributed by atoms with Crippen molar-refractivity contribution in [2.24, 2.45) is 0 Å². The molecule has 0 aromatic rings. The average Bonchev–Trinajstić information content (AvgIpc) is 2.28. The van der Waals surface area contributed by atoms with Crippen LogP contribution in [0.25, 0.3) is 0 Å². The summed E-state index contributed by atoms with van der Waals surface area (Å²) in [6.07, 6.45) is -0.304. The van der Waals surface area contributed by atoms with Crippen LogP contribution in [0.4, 0.5) is 0 Å². The normalized spacial score (nSPS) is 26.4. The zero-order valence-corrected chi connectivity index (χ0v) is 9.00. The lowest BCUT2D eigenvalue weighted by Gasteiger charge is -2.17. The third-order valence-corrected chi connectivity index (χ3v) is 2.78. The van der Waals surface area contributed by atoms with E-state index >= 15 is 0 Å². The van der Waals surface area contributed by atoms with Crippen molar-refractivity contribution in [2.45, 2.75) is 32.2 Å². The lowest BCUT2D eigenvalue weighted by molar-refractivity contribution is -0.137. The summed E-state index contributed by atoms with van der Waals surface area (Å²) in [6.45, 7) is 7.05. The van der Waals surface area contributed by atoms with Gasteiger partial charge in [-0.25, -0.2) is 0 Å². The first-order valence-electron chi connectivity index (χ1n) is 4.18. The van der Waals surface area contributed by atoms with E-state index in [2.05, 4.69) is 6.58 Å². The van der Waals surface area contributed by atoms with Crippen LogP contribution in [0.1, 0.15) is 20.3 Å². The molecule has 1 atom stereocenters. The summed E-state index contributed by atoms with van der Waals surface area (Å²) in [4.78, 5) is -0.246. The van der Waals surface area contributed by atoms with Crippen molar-refractivity contribution in [2.75, 3.05) is 6.61 Å². The molecule has 0 amide bonds. The Balaban J connectivity index is 2.53. The predicted octanol–water partition coefficient (Wildman–Crippen LogP) is 0.929. The second-order valence-electron chi connectivity index (χ2n) is 3.67. The monoisotopic (exact) mass is 222 g/mol. The largest absolute Gasteiger partial charge is 0.348 e. The highest BCUT2D eigenvalue weighted by atomic mass is 32.2. The van der Waals surface area contributed by atoms with Crippen molar-refractivity contribution in [3.05, 3.63) is 11.5 Å². The van der Waals surface area contributed by atoms with Crippen LogP contribution in [0.5, 0.6) is 0 Å². The Hall–Kier alpha value is -0.430. The number of ether oxygens (including phenoxy) is 2. The minimum absolute atomic E-state index is 0.0578. The third-order valence-electron chi connectivity index (χ3n) is 1.89. The first kappa shape index (κ1) is 11.6. The van der Waals surface area contributed by atoms with Gasteiger partial charge in [0.15, 0.2) is 5.79 Å². The maximum Gasteiger partial charge on any atom is 0.290 e. The van der Waals surface area contributed by atoms with Crippen LogP contribution in [-0.4, -0.2) is 31.5 Å². The Kier molecular flexibility index (Phi) is 3.01. The van der Waals surface area contributed by atoms with E-state index in [0.717, 1.165) is 0 Å². The molecular weight excluding hydrogens is 208 g/mol. The van der Waals surface area contributed by atoms with Gasteiger partial charge >= 0.3 is 0 Å². The molecule has 1 N–H and O–H groups in total. The molecule has 1 heterocycles. The van der Waals surface area contributed by atoms with Gasteiger partial charge in [-0.05, 0) is 13.8 Å². The van der Waals surface area contributed by atoms with Gasteiger partial charge < -0.3 is 9.47 Å². The van der Waals surface area contributed by atoms with Crippen LogP contribution in [0.15, 0.2) is 11.5 Å². The minimum Gasteiger partial charge on any atom is -0.348 e. The van der Waals surface area contributed by atoms with Gasteiger partial charge in [-0.15, -0.1) is 0 Å². The molecule has 6 heteroatoms. The predicted molar refractivity (Wildman–Crippen MR) is 50.2 cm³/mol. The maximum absolute atomic E-state index is 10.6. The second kappa shape index (κ2) is 3.62. The zero-order chi connectivity index (χ0) is 11.0. The van der Waals surface area contributed by atoms with Crippen molar-refractivity contribution < 1.29 is 22.4 Å². The Morgan fingerprint density at radius 2 is 2.21 bits per heavy atom. The Labute approximate surface area is 83.5 Å². The molecule has 0 bridgehead atoms. The molecule has 14 heavy (non-hydrogen) atoms. The average molecular weight is 222 g/mol. The van der Waals surface area contributed by atoms with Crippen molar-refractivity contribution in [1.82, 2.24) is 0 Å². The zero-order valence-electron chi connectivity index (χ0n) is 8.19. The smallest absolute Gasteiger partial charge is 0.290 e. The standard InChI is InChI=1S/C8H14O5S/c1-6(14(9,10)11)4-7-5-12-8(2,3)13-7/h7H,1,4-5H2,2-3H3,(H,9,10,11)/t7-/m0/s1. The van der Waals surface area contributed by atoms with E-state index in [9.17, 15) is 8.42 Å². The van der Waals surface area contributed by atoms with Crippen molar-refractivity contribution in [3.8, 4) is 0 Å². The molecule has 1 fully saturated rings. The Morgan fingerprint density at radius 3 is 2.57 bits per heavy atom. The van der Waals surface area contributed by atoms with E-state index in [1.807, 2.05) is 0 Å². The number of hydrogen-bond acceptors (Lipinski definition) is 4. The fraction of sp³-hybridized carbons (Fsp3) is 0.750. The van der Waals surface area contributed by atoms with E-state index in [1.54, 1.807) is 13.8 Å². The molecule has 1 aliphatic rings. The molecule has 1 aliphatic heterocycles. The lowest BCUT2D eigenvalue weighted by atomic mass is 10.3. The summed E-state index contributed by atoms with van der Waals surface area (Å²) in [6, 6.07) is 0. The highest BCUT2D eigenvalue weighted by molar-refractivity contribution is 7.89. The van der Waals surface area contributed by atoms with Gasteiger partial charge in [-0.1, -0.05) is 6.58 Å². The van der Waals surface area contributed by atoms with Crippen molar-refractivity contribution in [1.29, 1.82) is 0 Å². The van der Waals surface area contributed by atoms with Crippen molar-refractivity contribution >= 4 is 10.1 Å². The van der Waals surface area contributed by atoms with Gasteiger partial charge in [0.1, 0.15) is 0 Å². The molecule has 0 unspecified atom stereocenters. The van der Waals surface area contributed by atoms with Gasteiger partial charge in [-0.3, -0.25) is 4.55 Å². The first-order chi connectivity index (χ1) is 6.21. The van der Waals surface area contributed by atoms with E-state index in [-0.39, 0.29) is 17.4 Å². The van der Waals surface area contributed by atoms with Gasteiger partial charge in [0.25, 0.3) is 10.1 Å². The molecular formula is C8H14O5S. The fourth-order valence-electron chi connectivity index (χ4n) is 1.22. The SMILES string of the molecule is C=C(C[C@H]1COC(C)(C)O1)S(=O)(=O)O. The Morgan fingerprint density at radius 1 is 1.64 bits per heavy atom. The molecule has 82 valence electrons. The van der Waals surface area contributed by atoms with E-state index in [1.165, 1.54) is 0 Å². The van der Waals surface area contributed by atoms with Crippen LogP contribution in [0.3, 0.4) is 0 Å². The van der Waals surface area contributed by atoms with Gasteiger partial charge in [0.2, 0.25) is 0 Å². The minimum atomic E-state index is -4.16. The summed E-state index contributed by atoms with van der Waals surface area (Å²) >= 11 is 0. The third kappa shape index (κ3) is 3.06. The molecule has 0 aromatic carbocycles. The lowest BCUT2D eigenvalue weighted by Crippen LogP contribution is -2.22. The molecule has 5 nitrogen and oxygen atoms in total. The molecule has 0 aromatic heterocycles. The van der Waals surface area contributed by atoms with Gasteiger partial charge in [0.05, 0.1) is 17.6 Å².